The molecular weight excluding hydrogens is 411 g/mol. The molecule has 3 aromatic rings. The highest BCUT2D eigenvalue weighted by Crippen LogP contribution is 2.34. The minimum absolute atomic E-state index is 0.123. The Labute approximate surface area is 177 Å². The van der Waals surface area contributed by atoms with Crippen LogP contribution in [0.15, 0.2) is 36.4 Å². The number of carboxylic acids is 1. The van der Waals surface area contributed by atoms with Crippen LogP contribution >= 0.6 is 11.6 Å². The molecule has 2 heterocycles. The second-order valence-electron chi connectivity index (χ2n) is 7.63. The lowest BCUT2D eigenvalue weighted by Gasteiger charge is -2.42. The summed E-state index contributed by atoms with van der Waals surface area (Å²) in [5, 5.41) is 13.2. The molecule has 0 atom stereocenters. The van der Waals surface area contributed by atoms with E-state index in [0.29, 0.717) is 16.3 Å². The highest BCUT2D eigenvalue weighted by Gasteiger charge is 2.44. The summed E-state index contributed by atoms with van der Waals surface area (Å²) in [4.78, 5) is 24.0. The average molecular weight is 431 g/mol. The van der Waals surface area contributed by atoms with Crippen LogP contribution in [0.5, 0.6) is 0 Å². The van der Waals surface area contributed by atoms with Gasteiger partial charge in [-0.2, -0.15) is 0 Å². The van der Waals surface area contributed by atoms with Gasteiger partial charge in [0.15, 0.2) is 0 Å². The van der Waals surface area contributed by atoms with Gasteiger partial charge in [-0.1, -0.05) is 29.8 Å². The zero-order valence-corrected chi connectivity index (χ0v) is 17.2. The summed E-state index contributed by atoms with van der Waals surface area (Å²) in [6.45, 7) is 2.14. The number of carbonyl (C=O) groups is 2. The Hall–Kier alpha value is -2.90. The first kappa shape index (κ1) is 20.4. The number of ether oxygens (including phenoxy) is 1. The van der Waals surface area contributed by atoms with Crippen molar-refractivity contribution in [1.29, 1.82) is 0 Å². The Bertz CT molecular complexity index is 1180. The molecule has 6 nitrogen and oxygen atoms in total. The number of hydrogen-bond donors (Lipinski definition) is 2. The van der Waals surface area contributed by atoms with Crippen molar-refractivity contribution in [3.63, 3.8) is 0 Å². The minimum Gasteiger partial charge on any atom is -0.481 e. The van der Waals surface area contributed by atoms with Gasteiger partial charge in [-0.3, -0.25) is 9.59 Å². The molecular formula is C22H20ClFN2O4. The number of benzene rings is 2. The minimum atomic E-state index is -1.04. The van der Waals surface area contributed by atoms with Crippen LogP contribution in [-0.2, 0) is 28.5 Å². The van der Waals surface area contributed by atoms with E-state index in [1.165, 1.54) is 12.1 Å². The standard InChI is InChI=1S/C22H20ClFN2O4/c1-12-3-6-17-14(20(12)23)9-18(26(17)2)21(29)25-22(10-30-11-22)15-5-4-13(7-16(15)24)8-19(27)28/h3-7,9H,8,10-11H2,1-2H3,(H,25,29)(H,27,28). The smallest absolute Gasteiger partial charge is 0.307 e. The lowest BCUT2D eigenvalue weighted by Crippen LogP contribution is -2.60. The van der Waals surface area contributed by atoms with E-state index in [4.69, 9.17) is 21.4 Å². The number of aromatic nitrogens is 1. The largest absolute Gasteiger partial charge is 0.481 e. The van der Waals surface area contributed by atoms with Gasteiger partial charge in [-0.25, -0.2) is 4.39 Å². The van der Waals surface area contributed by atoms with E-state index in [-0.39, 0.29) is 31.1 Å². The number of nitrogens with zero attached hydrogens (tertiary/aromatic N) is 1. The molecule has 8 heteroatoms. The van der Waals surface area contributed by atoms with E-state index < -0.39 is 17.3 Å². The summed E-state index contributed by atoms with van der Waals surface area (Å²) in [6.07, 6.45) is -0.275. The van der Waals surface area contributed by atoms with Crippen LogP contribution in [0, 0.1) is 12.7 Å². The van der Waals surface area contributed by atoms with E-state index in [0.717, 1.165) is 16.5 Å². The van der Waals surface area contributed by atoms with E-state index >= 15 is 0 Å². The van der Waals surface area contributed by atoms with Gasteiger partial charge in [-0.05, 0) is 36.2 Å². The summed E-state index contributed by atoms with van der Waals surface area (Å²) in [7, 11) is 1.77. The van der Waals surface area contributed by atoms with Gasteiger partial charge in [0.1, 0.15) is 17.1 Å². The first-order valence-corrected chi connectivity index (χ1v) is 9.75. The van der Waals surface area contributed by atoms with Crippen molar-refractivity contribution in [3.8, 4) is 0 Å². The Balaban J connectivity index is 1.67. The zero-order valence-electron chi connectivity index (χ0n) is 16.5. The third kappa shape index (κ3) is 3.34. The molecule has 2 aromatic carbocycles. The van der Waals surface area contributed by atoms with Gasteiger partial charge < -0.3 is 19.7 Å². The highest BCUT2D eigenvalue weighted by atomic mass is 35.5. The van der Waals surface area contributed by atoms with Crippen molar-refractivity contribution < 1.29 is 23.8 Å². The lowest BCUT2D eigenvalue weighted by molar-refractivity contribution is -0.136. The summed E-state index contributed by atoms with van der Waals surface area (Å²) in [5.74, 6) is -1.99. The number of carbonyl (C=O) groups excluding carboxylic acids is 1. The first-order chi connectivity index (χ1) is 14.2. The van der Waals surface area contributed by atoms with Crippen molar-refractivity contribution in [1.82, 2.24) is 9.88 Å². The van der Waals surface area contributed by atoms with Crippen LogP contribution in [0.25, 0.3) is 10.9 Å². The van der Waals surface area contributed by atoms with Crippen molar-refractivity contribution >= 4 is 34.4 Å². The highest BCUT2D eigenvalue weighted by molar-refractivity contribution is 6.36. The molecule has 156 valence electrons. The topological polar surface area (TPSA) is 80.6 Å². The SMILES string of the molecule is Cc1ccc2c(cc(C(=O)NC3(c4ccc(CC(=O)O)cc4F)COC3)n2C)c1Cl. The normalized spacial score (nSPS) is 15.1. The summed E-state index contributed by atoms with van der Waals surface area (Å²) in [5.41, 5.74) is 1.73. The molecule has 1 aromatic heterocycles. The number of amides is 1. The maximum absolute atomic E-state index is 14.8. The molecule has 0 bridgehead atoms. The van der Waals surface area contributed by atoms with Crippen LogP contribution in [0.3, 0.4) is 0 Å². The molecule has 1 saturated heterocycles. The van der Waals surface area contributed by atoms with Gasteiger partial charge in [0.25, 0.3) is 5.91 Å². The fourth-order valence-corrected chi connectivity index (χ4v) is 4.03. The number of halogens is 2. The summed E-state index contributed by atoms with van der Waals surface area (Å²) < 4.78 is 21.8. The average Bonchev–Trinajstić information content (AvgIpc) is 2.99. The fourth-order valence-electron chi connectivity index (χ4n) is 3.82. The zero-order chi connectivity index (χ0) is 21.6. The fraction of sp³-hybridized carbons (Fsp3) is 0.273. The van der Waals surface area contributed by atoms with E-state index in [1.807, 2.05) is 19.1 Å². The van der Waals surface area contributed by atoms with Gasteiger partial charge in [0.05, 0.1) is 24.7 Å². The van der Waals surface area contributed by atoms with Crippen LogP contribution in [0.4, 0.5) is 4.39 Å². The number of fused-ring (bicyclic) bond motifs is 1. The molecule has 1 amide bonds. The molecule has 30 heavy (non-hydrogen) atoms. The molecule has 0 unspecified atom stereocenters. The number of carboxylic acid groups (broad SMARTS) is 1. The molecule has 1 aliphatic rings. The Morgan fingerprint density at radius 3 is 2.60 bits per heavy atom. The number of rotatable bonds is 5. The van der Waals surface area contributed by atoms with Gasteiger partial charge >= 0.3 is 5.97 Å². The van der Waals surface area contributed by atoms with E-state index in [1.54, 1.807) is 23.7 Å². The van der Waals surface area contributed by atoms with Crippen molar-refractivity contribution in [2.45, 2.75) is 18.9 Å². The number of hydrogen-bond acceptors (Lipinski definition) is 3. The monoisotopic (exact) mass is 430 g/mol. The second-order valence-corrected chi connectivity index (χ2v) is 8.01. The van der Waals surface area contributed by atoms with Crippen molar-refractivity contribution in [3.05, 3.63) is 69.6 Å². The van der Waals surface area contributed by atoms with Crippen molar-refractivity contribution in [2.24, 2.45) is 7.05 Å². The van der Waals surface area contributed by atoms with Gasteiger partial charge in [0, 0.05) is 23.5 Å². The molecule has 0 spiro atoms. The predicted molar refractivity (Wildman–Crippen MR) is 110 cm³/mol. The number of aliphatic carboxylic acids is 1. The molecule has 2 N–H and O–H groups in total. The number of nitrogens with one attached hydrogen (secondary N) is 1. The van der Waals surface area contributed by atoms with Crippen LogP contribution in [-0.4, -0.2) is 34.8 Å². The molecule has 1 aliphatic heterocycles. The third-order valence-electron chi connectivity index (χ3n) is 5.54. The third-order valence-corrected chi connectivity index (χ3v) is 6.04. The van der Waals surface area contributed by atoms with Crippen LogP contribution in [0.2, 0.25) is 5.02 Å². The van der Waals surface area contributed by atoms with Gasteiger partial charge in [-0.15, -0.1) is 0 Å². The molecule has 0 saturated carbocycles. The van der Waals surface area contributed by atoms with Crippen LogP contribution in [0.1, 0.15) is 27.2 Å². The Morgan fingerprint density at radius 1 is 1.27 bits per heavy atom. The molecule has 4 rings (SSSR count). The molecule has 0 radical (unpaired) electrons. The van der Waals surface area contributed by atoms with Crippen LogP contribution < -0.4 is 5.32 Å². The second kappa shape index (κ2) is 7.41. The summed E-state index contributed by atoms with van der Waals surface area (Å²) >= 11 is 6.40. The molecule has 1 fully saturated rings. The Morgan fingerprint density at radius 2 is 2.00 bits per heavy atom. The van der Waals surface area contributed by atoms with E-state index in [2.05, 4.69) is 5.32 Å². The lowest BCUT2D eigenvalue weighted by atomic mass is 9.86. The maximum atomic E-state index is 14.8. The van der Waals surface area contributed by atoms with Gasteiger partial charge in [0.2, 0.25) is 0 Å². The number of aryl methyl sites for hydroxylation is 2. The Kier molecular flexibility index (Phi) is 5.03. The van der Waals surface area contributed by atoms with E-state index in [9.17, 15) is 14.0 Å². The maximum Gasteiger partial charge on any atom is 0.307 e. The van der Waals surface area contributed by atoms with Crippen molar-refractivity contribution in [2.75, 3.05) is 13.2 Å². The summed E-state index contributed by atoms with van der Waals surface area (Å²) in [6, 6.07) is 9.77. The quantitative estimate of drug-likeness (QED) is 0.648. The first-order valence-electron chi connectivity index (χ1n) is 9.37. The predicted octanol–water partition coefficient (Wildman–Crippen LogP) is 3.56. The molecule has 0 aliphatic carbocycles.